The van der Waals surface area contributed by atoms with Crippen LogP contribution in [-0.4, -0.2) is 13.2 Å². The third-order valence-corrected chi connectivity index (χ3v) is 5.82. The number of hydrogen-bond donors (Lipinski definition) is 0. The molecule has 0 aromatic heterocycles. The van der Waals surface area contributed by atoms with Crippen LogP contribution in [0, 0.1) is 6.92 Å². The molecule has 2 aromatic carbocycles. The van der Waals surface area contributed by atoms with Crippen LogP contribution in [0.15, 0.2) is 53.4 Å². The smallest absolute Gasteiger partial charge is 0.183 e. The van der Waals surface area contributed by atoms with Gasteiger partial charge in [-0.05, 0) is 51.0 Å². The van der Waals surface area contributed by atoms with Crippen molar-refractivity contribution in [3.63, 3.8) is 0 Å². The van der Waals surface area contributed by atoms with Gasteiger partial charge in [0.1, 0.15) is 0 Å². The lowest BCUT2D eigenvalue weighted by Crippen LogP contribution is -2.27. The lowest BCUT2D eigenvalue weighted by molar-refractivity contribution is 0.560. The van der Waals surface area contributed by atoms with Crippen molar-refractivity contribution in [3.8, 4) is 11.1 Å². The minimum atomic E-state index is -3.32. The van der Waals surface area contributed by atoms with Crippen LogP contribution in [0.1, 0.15) is 26.3 Å². The maximum atomic E-state index is 12.5. The van der Waals surface area contributed by atoms with Crippen molar-refractivity contribution in [1.82, 2.24) is 0 Å². The molecule has 0 aliphatic rings. The molecule has 0 saturated heterocycles. The molecule has 106 valence electrons. The van der Waals surface area contributed by atoms with Crippen LogP contribution >= 0.6 is 0 Å². The quantitative estimate of drug-likeness (QED) is 0.828. The van der Waals surface area contributed by atoms with E-state index in [9.17, 15) is 8.42 Å². The van der Waals surface area contributed by atoms with E-state index in [1.54, 1.807) is 39.0 Å². The number of hydrogen-bond acceptors (Lipinski definition) is 2. The lowest BCUT2D eigenvalue weighted by atomic mass is 10.0. The van der Waals surface area contributed by atoms with E-state index in [1.807, 2.05) is 37.3 Å². The molecule has 2 nitrogen and oxygen atoms in total. The van der Waals surface area contributed by atoms with E-state index in [4.69, 9.17) is 0 Å². The van der Waals surface area contributed by atoms with E-state index >= 15 is 0 Å². The van der Waals surface area contributed by atoms with Gasteiger partial charge in [0.25, 0.3) is 0 Å². The Kier molecular flexibility index (Phi) is 3.74. The first kappa shape index (κ1) is 14.8. The van der Waals surface area contributed by atoms with Crippen molar-refractivity contribution in [3.05, 3.63) is 54.1 Å². The summed E-state index contributed by atoms with van der Waals surface area (Å²) >= 11 is 0. The van der Waals surface area contributed by atoms with E-state index in [0.29, 0.717) is 4.90 Å². The van der Waals surface area contributed by atoms with Gasteiger partial charge >= 0.3 is 0 Å². The van der Waals surface area contributed by atoms with Gasteiger partial charge in [-0.15, -0.1) is 0 Å². The molecule has 0 unspecified atom stereocenters. The summed E-state index contributed by atoms with van der Waals surface area (Å²) in [5.41, 5.74) is 3.14. The zero-order valence-corrected chi connectivity index (χ0v) is 13.2. The third-order valence-electron chi connectivity index (χ3n) is 3.34. The van der Waals surface area contributed by atoms with Crippen LogP contribution in [0.25, 0.3) is 11.1 Å². The predicted octanol–water partition coefficient (Wildman–Crippen LogP) is 4.23. The molecule has 0 fully saturated rings. The third kappa shape index (κ3) is 2.78. The van der Waals surface area contributed by atoms with Crippen LogP contribution in [0.4, 0.5) is 0 Å². The van der Waals surface area contributed by atoms with Crippen LogP contribution in [0.5, 0.6) is 0 Å². The first-order chi connectivity index (χ1) is 9.22. The van der Waals surface area contributed by atoms with Crippen molar-refractivity contribution in [2.45, 2.75) is 37.3 Å². The molecule has 2 rings (SSSR count). The van der Waals surface area contributed by atoms with Gasteiger partial charge < -0.3 is 0 Å². The summed E-state index contributed by atoms with van der Waals surface area (Å²) < 4.78 is 24.2. The molecule has 0 heterocycles. The minimum Gasteiger partial charge on any atom is -0.223 e. The Morgan fingerprint density at radius 2 is 1.45 bits per heavy atom. The van der Waals surface area contributed by atoms with Crippen molar-refractivity contribution < 1.29 is 8.42 Å². The summed E-state index contributed by atoms with van der Waals surface area (Å²) in [6.07, 6.45) is 0. The molecule has 0 radical (unpaired) electrons. The summed E-state index contributed by atoms with van der Waals surface area (Å²) in [5, 5.41) is 0. The molecule has 0 aliphatic carbocycles. The molecule has 20 heavy (non-hydrogen) atoms. The average molecular weight is 288 g/mol. The molecular weight excluding hydrogens is 268 g/mol. The number of benzene rings is 2. The van der Waals surface area contributed by atoms with E-state index in [2.05, 4.69) is 0 Å². The molecular formula is C17H20O2S. The largest absolute Gasteiger partial charge is 0.223 e. The second kappa shape index (κ2) is 5.06. The van der Waals surface area contributed by atoms with Gasteiger partial charge in [-0.25, -0.2) is 8.42 Å². The molecule has 0 spiro atoms. The monoisotopic (exact) mass is 288 g/mol. The molecule has 0 saturated carbocycles. The summed E-state index contributed by atoms with van der Waals surface area (Å²) in [7, 11) is -3.32. The van der Waals surface area contributed by atoms with E-state index in [1.165, 1.54) is 5.56 Å². The molecule has 0 atom stereocenters. The average Bonchev–Trinajstić information content (AvgIpc) is 2.38. The van der Waals surface area contributed by atoms with Gasteiger partial charge in [-0.3, -0.25) is 0 Å². The van der Waals surface area contributed by atoms with Crippen LogP contribution in [0.2, 0.25) is 0 Å². The Hall–Kier alpha value is -1.61. The Bertz CT molecular complexity index is 705. The second-order valence-corrected chi connectivity index (χ2v) is 8.71. The Labute approximate surface area is 121 Å². The minimum absolute atomic E-state index is 0.378. The van der Waals surface area contributed by atoms with Crippen molar-refractivity contribution in [2.75, 3.05) is 0 Å². The SMILES string of the molecule is Cc1ccc(-c2cccc(S(=O)(=O)C(C)(C)C)c2)cc1. The highest BCUT2D eigenvalue weighted by Gasteiger charge is 2.30. The van der Waals surface area contributed by atoms with Gasteiger partial charge in [0, 0.05) is 0 Å². The number of sulfone groups is 1. The summed E-state index contributed by atoms with van der Waals surface area (Å²) in [6.45, 7) is 7.20. The van der Waals surface area contributed by atoms with Gasteiger partial charge in [0.2, 0.25) is 0 Å². The molecule has 3 heteroatoms. The lowest BCUT2D eigenvalue weighted by Gasteiger charge is -2.19. The standard InChI is InChI=1S/C17H20O2S/c1-13-8-10-14(11-9-13)15-6-5-7-16(12-15)20(18,19)17(2,3)4/h5-12H,1-4H3. The highest BCUT2D eigenvalue weighted by Crippen LogP contribution is 2.28. The maximum Gasteiger partial charge on any atom is 0.183 e. The Morgan fingerprint density at radius 1 is 0.850 bits per heavy atom. The number of rotatable bonds is 2. The van der Waals surface area contributed by atoms with E-state index < -0.39 is 14.6 Å². The topological polar surface area (TPSA) is 34.1 Å². The summed E-state index contributed by atoms with van der Waals surface area (Å²) in [5.74, 6) is 0. The summed E-state index contributed by atoms with van der Waals surface area (Å²) in [4.78, 5) is 0.378. The molecule has 0 aliphatic heterocycles. The van der Waals surface area contributed by atoms with Gasteiger partial charge in [0.05, 0.1) is 9.64 Å². The molecule has 2 aromatic rings. The molecule has 0 bridgehead atoms. The fraction of sp³-hybridized carbons (Fsp3) is 0.294. The second-order valence-electron chi connectivity index (χ2n) is 6.01. The zero-order valence-electron chi connectivity index (χ0n) is 12.3. The fourth-order valence-electron chi connectivity index (χ4n) is 1.94. The predicted molar refractivity (Wildman–Crippen MR) is 83.6 cm³/mol. The fourth-order valence-corrected chi connectivity index (χ4v) is 3.19. The van der Waals surface area contributed by atoms with Crippen LogP contribution < -0.4 is 0 Å². The highest BCUT2D eigenvalue weighted by molar-refractivity contribution is 7.92. The van der Waals surface area contributed by atoms with Gasteiger partial charge in [-0.2, -0.15) is 0 Å². The van der Waals surface area contributed by atoms with Crippen LogP contribution in [0.3, 0.4) is 0 Å². The Balaban J connectivity index is 2.51. The van der Waals surface area contributed by atoms with Crippen molar-refractivity contribution in [2.24, 2.45) is 0 Å². The first-order valence-electron chi connectivity index (χ1n) is 6.63. The van der Waals surface area contributed by atoms with Gasteiger partial charge in [-0.1, -0.05) is 42.0 Å². The van der Waals surface area contributed by atoms with E-state index in [-0.39, 0.29) is 0 Å². The zero-order chi connectivity index (χ0) is 15.0. The summed E-state index contributed by atoms with van der Waals surface area (Å²) in [6, 6.07) is 15.2. The van der Waals surface area contributed by atoms with Crippen LogP contribution in [-0.2, 0) is 9.84 Å². The normalized spacial score (nSPS) is 12.4. The van der Waals surface area contributed by atoms with Crippen molar-refractivity contribution in [1.29, 1.82) is 0 Å². The Morgan fingerprint density at radius 3 is 2.00 bits per heavy atom. The molecule has 0 amide bonds. The maximum absolute atomic E-state index is 12.5. The van der Waals surface area contributed by atoms with Gasteiger partial charge in [0.15, 0.2) is 9.84 Å². The van der Waals surface area contributed by atoms with E-state index in [0.717, 1.165) is 11.1 Å². The molecule has 0 N–H and O–H groups in total. The highest BCUT2D eigenvalue weighted by atomic mass is 32.2. The number of aryl methyl sites for hydroxylation is 1. The van der Waals surface area contributed by atoms with Crippen molar-refractivity contribution >= 4 is 9.84 Å². The first-order valence-corrected chi connectivity index (χ1v) is 8.12.